The maximum atomic E-state index is 10.3. The first kappa shape index (κ1) is 14.2. The Bertz CT molecular complexity index is 311. The van der Waals surface area contributed by atoms with Gasteiger partial charge >= 0.3 is 5.97 Å². The third kappa shape index (κ3) is 7.13. The second-order valence-electron chi connectivity index (χ2n) is 4.34. The van der Waals surface area contributed by atoms with E-state index in [1.807, 2.05) is 11.3 Å². The molecule has 0 saturated carbocycles. The van der Waals surface area contributed by atoms with Gasteiger partial charge in [0.05, 0.1) is 0 Å². The summed E-state index contributed by atoms with van der Waals surface area (Å²) >= 11 is 1.81. The SMILES string of the molecule is CN(CCCCCC(=O)O)CCc1cccs1. The molecule has 0 amide bonds. The summed E-state index contributed by atoms with van der Waals surface area (Å²) in [5, 5.41) is 10.6. The molecule has 0 aliphatic carbocycles. The summed E-state index contributed by atoms with van der Waals surface area (Å²) in [6.45, 7) is 2.14. The van der Waals surface area contributed by atoms with E-state index < -0.39 is 5.97 Å². The Kier molecular flexibility index (Phi) is 6.89. The summed E-state index contributed by atoms with van der Waals surface area (Å²) in [6, 6.07) is 4.26. The number of carboxylic acid groups (broad SMARTS) is 1. The number of thiophene rings is 1. The molecule has 96 valence electrons. The van der Waals surface area contributed by atoms with E-state index in [1.165, 1.54) is 4.88 Å². The fourth-order valence-electron chi connectivity index (χ4n) is 1.70. The molecule has 0 bridgehead atoms. The quantitative estimate of drug-likeness (QED) is 0.690. The highest BCUT2D eigenvalue weighted by molar-refractivity contribution is 7.09. The van der Waals surface area contributed by atoms with Gasteiger partial charge in [0, 0.05) is 17.8 Å². The van der Waals surface area contributed by atoms with Gasteiger partial charge in [-0.25, -0.2) is 0 Å². The molecule has 1 rings (SSSR count). The van der Waals surface area contributed by atoms with Crippen LogP contribution in [0.25, 0.3) is 0 Å². The molecule has 3 nitrogen and oxygen atoms in total. The van der Waals surface area contributed by atoms with Gasteiger partial charge in [-0.15, -0.1) is 11.3 Å². The van der Waals surface area contributed by atoms with Crippen LogP contribution in [-0.4, -0.2) is 36.1 Å². The minimum Gasteiger partial charge on any atom is -0.481 e. The molecule has 0 spiro atoms. The largest absolute Gasteiger partial charge is 0.481 e. The van der Waals surface area contributed by atoms with Crippen molar-refractivity contribution in [2.24, 2.45) is 0 Å². The van der Waals surface area contributed by atoms with E-state index >= 15 is 0 Å². The summed E-state index contributed by atoms with van der Waals surface area (Å²) in [5.74, 6) is -0.684. The highest BCUT2D eigenvalue weighted by atomic mass is 32.1. The van der Waals surface area contributed by atoms with E-state index in [4.69, 9.17) is 5.11 Å². The number of unbranched alkanes of at least 4 members (excludes halogenated alkanes) is 2. The summed E-state index contributed by atoms with van der Waals surface area (Å²) in [7, 11) is 2.13. The third-order valence-corrected chi connectivity index (χ3v) is 3.69. The molecule has 0 aromatic carbocycles. The van der Waals surface area contributed by atoms with Crippen molar-refractivity contribution in [3.05, 3.63) is 22.4 Å². The molecule has 0 radical (unpaired) electrons. The van der Waals surface area contributed by atoms with Gasteiger partial charge in [0.15, 0.2) is 0 Å². The smallest absolute Gasteiger partial charge is 0.303 e. The van der Waals surface area contributed by atoms with E-state index in [9.17, 15) is 4.79 Å². The van der Waals surface area contributed by atoms with E-state index in [0.29, 0.717) is 6.42 Å². The van der Waals surface area contributed by atoms with E-state index in [2.05, 4.69) is 29.5 Å². The van der Waals surface area contributed by atoms with Crippen molar-refractivity contribution in [3.8, 4) is 0 Å². The van der Waals surface area contributed by atoms with Gasteiger partial charge in [-0.1, -0.05) is 12.5 Å². The predicted molar refractivity (Wildman–Crippen MR) is 71.6 cm³/mol. The van der Waals surface area contributed by atoms with Crippen molar-refractivity contribution in [1.29, 1.82) is 0 Å². The van der Waals surface area contributed by atoms with Crippen LogP contribution in [0.2, 0.25) is 0 Å². The topological polar surface area (TPSA) is 40.5 Å². The lowest BCUT2D eigenvalue weighted by Crippen LogP contribution is -2.22. The highest BCUT2D eigenvalue weighted by Gasteiger charge is 2.01. The number of carboxylic acids is 1. The van der Waals surface area contributed by atoms with Gasteiger partial charge in [0.1, 0.15) is 0 Å². The average molecular weight is 255 g/mol. The molecule has 0 unspecified atom stereocenters. The Balaban J connectivity index is 1.97. The molecule has 0 fully saturated rings. The Morgan fingerprint density at radius 1 is 1.35 bits per heavy atom. The number of carbonyl (C=O) groups is 1. The summed E-state index contributed by atoms with van der Waals surface area (Å²) in [4.78, 5) is 14.1. The van der Waals surface area contributed by atoms with Crippen LogP contribution < -0.4 is 0 Å². The van der Waals surface area contributed by atoms with Crippen LogP contribution in [0, 0.1) is 0 Å². The minimum absolute atomic E-state index is 0.304. The first-order valence-electron chi connectivity index (χ1n) is 6.11. The highest BCUT2D eigenvalue weighted by Crippen LogP contribution is 2.09. The summed E-state index contributed by atoms with van der Waals surface area (Å²) in [5.41, 5.74) is 0. The zero-order chi connectivity index (χ0) is 12.5. The van der Waals surface area contributed by atoms with Gasteiger partial charge in [0.25, 0.3) is 0 Å². The Morgan fingerprint density at radius 2 is 2.18 bits per heavy atom. The number of aliphatic carboxylic acids is 1. The molecule has 0 aliphatic rings. The maximum absolute atomic E-state index is 10.3. The molecular formula is C13H21NO2S. The van der Waals surface area contributed by atoms with Crippen molar-refractivity contribution in [2.45, 2.75) is 32.1 Å². The number of rotatable bonds is 9. The van der Waals surface area contributed by atoms with Crippen LogP contribution in [0.5, 0.6) is 0 Å². The van der Waals surface area contributed by atoms with Crippen molar-refractivity contribution in [3.63, 3.8) is 0 Å². The molecule has 0 saturated heterocycles. The number of hydrogen-bond donors (Lipinski definition) is 1. The number of hydrogen-bond acceptors (Lipinski definition) is 3. The molecule has 1 heterocycles. The second kappa shape index (κ2) is 8.25. The van der Waals surface area contributed by atoms with Gasteiger partial charge in [-0.05, 0) is 44.3 Å². The fourth-order valence-corrected chi connectivity index (χ4v) is 2.40. The van der Waals surface area contributed by atoms with Crippen LogP contribution in [0.3, 0.4) is 0 Å². The lowest BCUT2D eigenvalue weighted by Gasteiger charge is -2.15. The minimum atomic E-state index is -0.684. The van der Waals surface area contributed by atoms with Crippen LogP contribution >= 0.6 is 11.3 Å². The number of likely N-dealkylation sites (N-methyl/N-ethyl adjacent to an activating group) is 1. The predicted octanol–water partition coefficient (Wildman–Crippen LogP) is 2.87. The lowest BCUT2D eigenvalue weighted by molar-refractivity contribution is -0.137. The standard InChI is InChI=1S/C13H21NO2S/c1-14(9-4-2-3-7-13(15)16)10-8-12-6-5-11-17-12/h5-6,11H,2-4,7-10H2,1H3,(H,15,16). The molecule has 17 heavy (non-hydrogen) atoms. The third-order valence-electron chi connectivity index (χ3n) is 2.75. The van der Waals surface area contributed by atoms with Crippen molar-refractivity contribution in [1.82, 2.24) is 4.90 Å². The Hall–Kier alpha value is -0.870. The Labute approximate surface area is 107 Å². The zero-order valence-corrected chi connectivity index (χ0v) is 11.2. The maximum Gasteiger partial charge on any atom is 0.303 e. The van der Waals surface area contributed by atoms with Crippen LogP contribution in [0.15, 0.2) is 17.5 Å². The van der Waals surface area contributed by atoms with Crippen molar-refractivity contribution in [2.75, 3.05) is 20.1 Å². The van der Waals surface area contributed by atoms with Gasteiger partial charge < -0.3 is 10.0 Å². The fraction of sp³-hybridized carbons (Fsp3) is 0.615. The normalized spacial score (nSPS) is 10.9. The number of nitrogens with zero attached hydrogens (tertiary/aromatic N) is 1. The van der Waals surface area contributed by atoms with E-state index in [1.54, 1.807) is 0 Å². The lowest BCUT2D eigenvalue weighted by atomic mass is 10.2. The van der Waals surface area contributed by atoms with Crippen molar-refractivity contribution < 1.29 is 9.90 Å². The molecule has 0 aliphatic heterocycles. The van der Waals surface area contributed by atoms with E-state index in [-0.39, 0.29) is 0 Å². The summed E-state index contributed by atoms with van der Waals surface area (Å²) in [6.07, 6.45) is 4.32. The molecule has 1 aromatic rings. The molecule has 1 N–H and O–H groups in total. The van der Waals surface area contributed by atoms with Crippen molar-refractivity contribution >= 4 is 17.3 Å². The molecule has 4 heteroatoms. The monoisotopic (exact) mass is 255 g/mol. The average Bonchev–Trinajstić information content (AvgIpc) is 2.78. The van der Waals surface area contributed by atoms with Gasteiger partial charge in [-0.2, -0.15) is 0 Å². The molecule has 0 atom stereocenters. The molecular weight excluding hydrogens is 234 g/mol. The Morgan fingerprint density at radius 3 is 2.82 bits per heavy atom. The summed E-state index contributed by atoms with van der Waals surface area (Å²) < 4.78 is 0. The van der Waals surface area contributed by atoms with Gasteiger partial charge in [0.2, 0.25) is 0 Å². The van der Waals surface area contributed by atoms with Crippen LogP contribution in [-0.2, 0) is 11.2 Å². The van der Waals surface area contributed by atoms with Gasteiger partial charge in [-0.3, -0.25) is 4.79 Å². The van der Waals surface area contributed by atoms with E-state index in [0.717, 1.165) is 38.8 Å². The molecule has 1 aromatic heterocycles. The van der Waals surface area contributed by atoms with Crippen LogP contribution in [0.1, 0.15) is 30.6 Å². The van der Waals surface area contributed by atoms with Crippen LogP contribution in [0.4, 0.5) is 0 Å². The first-order valence-corrected chi connectivity index (χ1v) is 6.99. The first-order chi connectivity index (χ1) is 8.18. The zero-order valence-electron chi connectivity index (χ0n) is 10.4. The second-order valence-corrected chi connectivity index (χ2v) is 5.37.